The molecule has 0 aromatic carbocycles. The van der Waals surface area contributed by atoms with Crippen LogP contribution in [-0.2, 0) is 6.54 Å². The predicted octanol–water partition coefficient (Wildman–Crippen LogP) is 2.37. The Morgan fingerprint density at radius 3 is 2.81 bits per heavy atom. The lowest BCUT2D eigenvalue weighted by Gasteiger charge is -2.30. The van der Waals surface area contributed by atoms with E-state index >= 15 is 0 Å². The molecule has 1 fully saturated rings. The van der Waals surface area contributed by atoms with Crippen LogP contribution in [0.1, 0.15) is 48.0 Å². The van der Waals surface area contributed by atoms with Gasteiger partial charge in [-0.2, -0.15) is 0 Å². The van der Waals surface area contributed by atoms with Crippen molar-refractivity contribution in [2.75, 3.05) is 0 Å². The molecular weight excluding hydrogens is 200 g/mol. The number of aromatic nitrogens is 1. The van der Waals surface area contributed by atoms with Crippen LogP contribution in [0.4, 0.5) is 0 Å². The summed E-state index contributed by atoms with van der Waals surface area (Å²) < 4.78 is 0. The van der Waals surface area contributed by atoms with E-state index in [1.165, 1.54) is 32.1 Å². The lowest BCUT2D eigenvalue weighted by atomic mass is 9.94. The summed E-state index contributed by atoms with van der Waals surface area (Å²) in [4.78, 5) is 18.3. The highest BCUT2D eigenvalue weighted by Gasteiger charge is 2.32. The average molecular weight is 216 g/mol. The van der Waals surface area contributed by atoms with Crippen molar-refractivity contribution < 1.29 is 4.79 Å². The van der Waals surface area contributed by atoms with Crippen molar-refractivity contribution in [2.45, 2.75) is 44.7 Å². The second kappa shape index (κ2) is 3.89. The van der Waals surface area contributed by atoms with Crippen molar-refractivity contribution in [1.82, 2.24) is 9.88 Å². The molecule has 0 bridgehead atoms. The molecule has 0 spiro atoms. The highest BCUT2D eigenvalue weighted by Crippen LogP contribution is 2.30. The van der Waals surface area contributed by atoms with Crippen LogP contribution in [0, 0.1) is 0 Å². The first-order chi connectivity index (χ1) is 7.86. The maximum Gasteiger partial charge on any atom is 0.256 e. The number of fused-ring (bicyclic) bond motifs is 1. The lowest BCUT2D eigenvalue weighted by molar-refractivity contribution is 0.0660. The van der Waals surface area contributed by atoms with Crippen LogP contribution in [0.3, 0.4) is 0 Å². The molecule has 84 valence electrons. The lowest BCUT2D eigenvalue weighted by Crippen LogP contribution is -2.36. The van der Waals surface area contributed by atoms with Crippen LogP contribution < -0.4 is 0 Å². The van der Waals surface area contributed by atoms with E-state index in [1.54, 1.807) is 12.4 Å². The van der Waals surface area contributed by atoms with Crippen LogP contribution in [0.15, 0.2) is 18.5 Å². The average Bonchev–Trinajstić information content (AvgIpc) is 2.69. The minimum absolute atomic E-state index is 0.190. The van der Waals surface area contributed by atoms with Gasteiger partial charge in [0.2, 0.25) is 0 Å². The number of amides is 1. The highest BCUT2D eigenvalue weighted by molar-refractivity contribution is 5.98. The molecule has 3 heteroatoms. The van der Waals surface area contributed by atoms with Gasteiger partial charge in [0, 0.05) is 25.0 Å². The smallest absolute Gasteiger partial charge is 0.256 e. The van der Waals surface area contributed by atoms with Crippen molar-refractivity contribution in [3.8, 4) is 0 Å². The summed E-state index contributed by atoms with van der Waals surface area (Å²) in [5.74, 6) is 0.190. The fraction of sp³-hybridized carbons (Fsp3) is 0.538. The third kappa shape index (κ3) is 1.51. The first-order valence-corrected chi connectivity index (χ1v) is 6.10. The number of rotatable bonds is 1. The van der Waals surface area contributed by atoms with Gasteiger partial charge in [0.1, 0.15) is 0 Å². The summed E-state index contributed by atoms with van der Waals surface area (Å²) in [6, 6.07) is 2.43. The first kappa shape index (κ1) is 9.82. The van der Waals surface area contributed by atoms with Crippen LogP contribution in [0.5, 0.6) is 0 Å². The van der Waals surface area contributed by atoms with Gasteiger partial charge in [-0.25, -0.2) is 0 Å². The largest absolute Gasteiger partial charge is 0.331 e. The monoisotopic (exact) mass is 216 g/mol. The first-order valence-electron chi connectivity index (χ1n) is 6.10. The molecule has 0 atom stereocenters. The SMILES string of the molecule is O=C1c2cnccc2CN1C1CCCCC1. The summed E-state index contributed by atoms with van der Waals surface area (Å²) >= 11 is 0. The van der Waals surface area contributed by atoms with Gasteiger partial charge >= 0.3 is 0 Å². The standard InChI is InChI=1S/C13H16N2O/c16-13-12-8-14-7-6-10(12)9-15(13)11-4-2-1-3-5-11/h6-8,11H,1-5,9H2. The maximum absolute atomic E-state index is 12.2. The fourth-order valence-electron chi connectivity index (χ4n) is 2.85. The Bertz CT molecular complexity index is 410. The van der Waals surface area contributed by atoms with E-state index in [0.717, 1.165) is 17.7 Å². The molecule has 1 amide bonds. The van der Waals surface area contributed by atoms with Crippen molar-refractivity contribution >= 4 is 5.91 Å². The molecule has 0 saturated heterocycles. The van der Waals surface area contributed by atoms with Crippen molar-refractivity contribution in [3.05, 3.63) is 29.6 Å². The van der Waals surface area contributed by atoms with E-state index in [2.05, 4.69) is 4.98 Å². The molecule has 0 N–H and O–H groups in total. The van der Waals surface area contributed by atoms with Gasteiger partial charge < -0.3 is 4.90 Å². The van der Waals surface area contributed by atoms with Crippen LogP contribution >= 0.6 is 0 Å². The van der Waals surface area contributed by atoms with Gasteiger partial charge in [-0.3, -0.25) is 9.78 Å². The van der Waals surface area contributed by atoms with Gasteiger partial charge in [-0.1, -0.05) is 19.3 Å². The second-order valence-electron chi connectivity index (χ2n) is 4.76. The molecule has 1 aliphatic carbocycles. The zero-order valence-corrected chi connectivity index (χ0v) is 9.35. The molecule has 1 saturated carbocycles. The Morgan fingerprint density at radius 2 is 2.06 bits per heavy atom. The molecule has 0 unspecified atom stereocenters. The maximum atomic E-state index is 12.2. The molecular formula is C13H16N2O. The summed E-state index contributed by atoms with van der Waals surface area (Å²) in [5, 5.41) is 0. The number of carbonyl (C=O) groups excluding carboxylic acids is 1. The summed E-state index contributed by atoms with van der Waals surface area (Å²) in [6.07, 6.45) is 9.69. The van der Waals surface area contributed by atoms with Gasteiger partial charge in [0.25, 0.3) is 5.91 Å². The van der Waals surface area contributed by atoms with Gasteiger partial charge in [0.05, 0.1) is 5.56 Å². The molecule has 16 heavy (non-hydrogen) atoms. The van der Waals surface area contributed by atoms with Crippen LogP contribution in [0.2, 0.25) is 0 Å². The van der Waals surface area contributed by atoms with E-state index in [-0.39, 0.29) is 5.91 Å². The van der Waals surface area contributed by atoms with E-state index in [4.69, 9.17) is 0 Å². The van der Waals surface area contributed by atoms with E-state index in [0.29, 0.717) is 6.04 Å². The Balaban J connectivity index is 1.83. The molecule has 3 rings (SSSR count). The quantitative estimate of drug-likeness (QED) is 0.722. The zero-order valence-electron chi connectivity index (χ0n) is 9.35. The predicted molar refractivity (Wildman–Crippen MR) is 61.0 cm³/mol. The number of pyridine rings is 1. The number of carbonyl (C=O) groups is 1. The number of hydrogen-bond donors (Lipinski definition) is 0. The highest BCUT2D eigenvalue weighted by atomic mass is 16.2. The van der Waals surface area contributed by atoms with Crippen LogP contribution in [0.25, 0.3) is 0 Å². The summed E-state index contributed by atoms with van der Waals surface area (Å²) in [7, 11) is 0. The summed E-state index contributed by atoms with van der Waals surface area (Å²) in [6.45, 7) is 0.793. The molecule has 2 heterocycles. The minimum Gasteiger partial charge on any atom is -0.331 e. The van der Waals surface area contributed by atoms with Crippen LogP contribution in [-0.4, -0.2) is 21.8 Å². The number of nitrogens with zero attached hydrogens (tertiary/aromatic N) is 2. The molecule has 3 nitrogen and oxygen atoms in total. The Morgan fingerprint density at radius 1 is 1.25 bits per heavy atom. The zero-order chi connectivity index (χ0) is 11.0. The summed E-state index contributed by atoms with van der Waals surface area (Å²) in [5.41, 5.74) is 1.96. The molecule has 1 aliphatic heterocycles. The second-order valence-corrected chi connectivity index (χ2v) is 4.76. The van der Waals surface area contributed by atoms with Gasteiger partial charge in [-0.15, -0.1) is 0 Å². The number of hydrogen-bond acceptors (Lipinski definition) is 2. The Kier molecular flexibility index (Phi) is 2.39. The Labute approximate surface area is 95.5 Å². The molecule has 2 aliphatic rings. The normalized spacial score (nSPS) is 21.2. The van der Waals surface area contributed by atoms with Crippen molar-refractivity contribution in [1.29, 1.82) is 0 Å². The third-order valence-corrected chi connectivity index (χ3v) is 3.76. The molecule has 1 aromatic rings. The van der Waals surface area contributed by atoms with E-state index in [9.17, 15) is 4.79 Å². The van der Waals surface area contributed by atoms with E-state index in [1.807, 2.05) is 11.0 Å². The molecule has 1 aromatic heterocycles. The van der Waals surface area contributed by atoms with Crippen molar-refractivity contribution in [3.63, 3.8) is 0 Å². The van der Waals surface area contributed by atoms with Gasteiger partial charge in [-0.05, 0) is 24.5 Å². The topological polar surface area (TPSA) is 33.2 Å². The van der Waals surface area contributed by atoms with Crippen molar-refractivity contribution in [2.24, 2.45) is 0 Å². The fourth-order valence-corrected chi connectivity index (χ4v) is 2.85. The third-order valence-electron chi connectivity index (χ3n) is 3.76. The minimum atomic E-state index is 0.190. The molecule has 0 radical (unpaired) electrons. The Hall–Kier alpha value is -1.38. The van der Waals surface area contributed by atoms with Gasteiger partial charge in [0.15, 0.2) is 0 Å². The van der Waals surface area contributed by atoms with E-state index < -0.39 is 0 Å².